The summed E-state index contributed by atoms with van der Waals surface area (Å²) in [7, 11) is 0. The van der Waals surface area contributed by atoms with Crippen LogP contribution in [0.15, 0.2) is 108 Å². The smallest absolute Gasteiger partial charge is 0.269 e. The number of hydrogen-bond acceptors (Lipinski definition) is 5. The molecule has 5 aromatic rings. The molecule has 0 unspecified atom stereocenters. The summed E-state index contributed by atoms with van der Waals surface area (Å²) in [6.07, 6.45) is 4.38. The Morgan fingerprint density at radius 3 is 2.49 bits per heavy atom. The number of fused-ring (bicyclic) bond motifs is 1. The van der Waals surface area contributed by atoms with Gasteiger partial charge < -0.3 is 20.1 Å². The number of aromatic nitrogens is 2. The van der Waals surface area contributed by atoms with E-state index < -0.39 is 4.92 Å². The molecule has 4 aromatic carbocycles. The third-order valence-electron chi connectivity index (χ3n) is 8.36. The maximum absolute atomic E-state index is 13.6. The number of carbonyl (C=O) groups excluding carboxylic acids is 1. The number of thiocarbonyl (C=S) groups is 1. The van der Waals surface area contributed by atoms with Gasteiger partial charge in [0.25, 0.3) is 5.69 Å². The predicted octanol–water partition coefficient (Wildman–Crippen LogP) is 7.73. The van der Waals surface area contributed by atoms with Gasteiger partial charge in [0.05, 0.1) is 17.7 Å². The molecule has 0 aliphatic carbocycles. The summed E-state index contributed by atoms with van der Waals surface area (Å²) in [6, 6.07) is 28.7. The number of carbonyl (C=O) groups is 1. The number of amides is 1. The summed E-state index contributed by atoms with van der Waals surface area (Å²) >= 11 is 9.50. The van der Waals surface area contributed by atoms with E-state index >= 15 is 0 Å². The second-order valence-corrected chi connectivity index (χ2v) is 12.9. The van der Waals surface area contributed by atoms with Gasteiger partial charge in [-0.3, -0.25) is 14.9 Å². The maximum Gasteiger partial charge on any atom is 0.269 e. The Labute approximate surface area is 288 Å². The molecule has 242 valence electrons. The maximum atomic E-state index is 13.6. The van der Waals surface area contributed by atoms with E-state index in [1.54, 1.807) is 24.7 Å². The van der Waals surface area contributed by atoms with E-state index in [-0.39, 0.29) is 30.0 Å². The molecule has 11 heteroatoms. The number of imidazole rings is 1. The van der Waals surface area contributed by atoms with Gasteiger partial charge in [-0.25, -0.2) is 4.98 Å². The average molecular weight is 714 g/mol. The van der Waals surface area contributed by atoms with E-state index in [0.717, 1.165) is 44.2 Å². The lowest BCUT2D eigenvalue weighted by atomic mass is 9.97. The monoisotopic (exact) mass is 712 g/mol. The zero-order chi connectivity index (χ0) is 33.3. The van der Waals surface area contributed by atoms with Crippen LogP contribution in [0.5, 0.6) is 0 Å². The first-order valence-corrected chi connectivity index (χ1v) is 16.7. The number of hydrogen-bond donors (Lipinski definition) is 2. The van der Waals surface area contributed by atoms with Crippen LogP contribution >= 0.6 is 28.1 Å². The zero-order valence-corrected chi connectivity index (χ0v) is 28.7. The highest BCUT2D eigenvalue weighted by Gasteiger charge is 2.24. The van der Waals surface area contributed by atoms with Crippen molar-refractivity contribution in [1.29, 1.82) is 0 Å². The molecule has 0 aliphatic rings. The van der Waals surface area contributed by atoms with Gasteiger partial charge in [-0.2, -0.15) is 0 Å². The third kappa shape index (κ3) is 9.02. The molecule has 1 heterocycles. The van der Waals surface area contributed by atoms with Gasteiger partial charge in [0.2, 0.25) is 5.91 Å². The zero-order valence-electron chi connectivity index (χ0n) is 26.3. The fourth-order valence-corrected chi connectivity index (χ4v) is 5.98. The van der Waals surface area contributed by atoms with Crippen LogP contribution in [-0.4, -0.2) is 43.0 Å². The summed E-state index contributed by atoms with van der Waals surface area (Å²) < 4.78 is 2.87. The van der Waals surface area contributed by atoms with Gasteiger partial charge in [0.15, 0.2) is 5.11 Å². The van der Waals surface area contributed by atoms with Crippen LogP contribution < -0.4 is 10.6 Å². The molecule has 0 fully saturated rings. The fourth-order valence-electron chi connectivity index (χ4n) is 5.46. The largest absolute Gasteiger partial charge is 0.351 e. The normalized spacial score (nSPS) is 12.3. The Hall–Kier alpha value is -4.61. The van der Waals surface area contributed by atoms with E-state index in [4.69, 9.17) is 12.2 Å². The lowest BCUT2D eigenvalue weighted by Crippen LogP contribution is -2.50. The average Bonchev–Trinajstić information content (AvgIpc) is 3.50. The number of nitrogens with zero attached hydrogens (tertiary/aromatic N) is 4. The van der Waals surface area contributed by atoms with Crippen molar-refractivity contribution in [2.45, 2.75) is 45.8 Å². The fraction of sp³-hybridized carbons (Fsp3) is 0.250. The number of anilines is 1. The first-order chi connectivity index (χ1) is 22.7. The molecule has 0 saturated carbocycles. The number of nitro groups is 1. The van der Waals surface area contributed by atoms with Gasteiger partial charge in [-0.15, -0.1) is 0 Å². The molecule has 47 heavy (non-hydrogen) atoms. The molecule has 0 aliphatic heterocycles. The number of halogens is 1. The minimum atomic E-state index is -0.419. The van der Waals surface area contributed by atoms with E-state index in [0.29, 0.717) is 24.7 Å². The number of non-ortho nitro benzene ring substituents is 1. The minimum absolute atomic E-state index is 0.0380. The molecule has 9 nitrogen and oxygen atoms in total. The first-order valence-electron chi connectivity index (χ1n) is 15.5. The minimum Gasteiger partial charge on any atom is -0.351 e. The van der Waals surface area contributed by atoms with Gasteiger partial charge in [-0.05, 0) is 64.3 Å². The number of nitro benzene ring substituents is 1. The van der Waals surface area contributed by atoms with Crippen LogP contribution in [0.4, 0.5) is 11.4 Å². The van der Waals surface area contributed by atoms with E-state index in [9.17, 15) is 14.9 Å². The highest BCUT2D eigenvalue weighted by Crippen LogP contribution is 2.23. The SMILES string of the molecule is CC[C@H](C)[C@@H](CN(Cc1cccc2ccccc12)C(=S)Nc1ccc(Br)cc1)NC(=O)Cc1cncn1Cc1ccc([N+](=O)[O-])cc1. The first kappa shape index (κ1) is 33.7. The van der Waals surface area contributed by atoms with Crippen LogP contribution in [0.1, 0.15) is 37.1 Å². The lowest BCUT2D eigenvalue weighted by molar-refractivity contribution is -0.384. The second-order valence-electron chi connectivity index (χ2n) is 11.6. The van der Waals surface area contributed by atoms with Crippen molar-refractivity contribution >= 4 is 61.3 Å². The lowest BCUT2D eigenvalue weighted by Gasteiger charge is -2.33. The molecule has 5 rings (SSSR count). The van der Waals surface area contributed by atoms with Gasteiger partial charge >= 0.3 is 0 Å². The van der Waals surface area contributed by atoms with Gasteiger partial charge in [0, 0.05) is 59.9 Å². The highest BCUT2D eigenvalue weighted by molar-refractivity contribution is 9.10. The van der Waals surface area contributed by atoms with Crippen LogP contribution in [0.2, 0.25) is 0 Å². The van der Waals surface area contributed by atoms with E-state index in [2.05, 4.69) is 80.6 Å². The summed E-state index contributed by atoms with van der Waals surface area (Å²) in [5.74, 6) is 0.0621. The summed E-state index contributed by atoms with van der Waals surface area (Å²) in [5.41, 5.74) is 3.70. The molecule has 2 atom stereocenters. The molecule has 0 bridgehead atoms. The Bertz CT molecular complexity index is 1840. The second kappa shape index (κ2) is 15.8. The molecule has 2 N–H and O–H groups in total. The summed E-state index contributed by atoms with van der Waals surface area (Å²) in [4.78, 5) is 30.6. The molecule has 0 saturated heterocycles. The number of nitrogens with one attached hydrogen (secondary N) is 2. The Morgan fingerprint density at radius 1 is 1.04 bits per heavy atom. The molecule has 1 aromatic heterocycles. The van der Waals surface area contributed by atoms with Crippen molar-refractivity contribution in [1.82, 2.24) is 19.8 Å². The Kier molecular flexibility index (Phi) is 11.3. The molecular formula is C36H37BrN6O3S. The molecule has 0 radical (unpaired) electrons. The predicted molar refractivity (Wildman–Crippen MR) is 194 cm³/mol. The van der Waals surface area contributed by atoms with Crippen molar-refractivity contribution in [3.05, 3.63) is 135 Å². The van der Waals surface area contributed by atoms with E-state index in [1.807, 2.05) is 41.0 Å². The van der Waals surface area contributed by atoms with Crippen LogP contribution in [0.25, 0.3) is 10.8 Å². The quantitative estimate of drug-likeness (QED) is 0.0731. The van der Waals surface area contributed by atoms with Crippen molar-refractivity contribution in [2.24, 2.45) is 5.92 Å². The highest BCUT2D eigenvalue weighted by atomic mass is 79.9. The van der Waals surface area contributed by atoms with Gasteiger partial charge in [-0.1, -0.05) is 90.8 Å². The topological polar surface area (TPSA) is 105 Å². The van der Waals surface area contributed by atoms with Crippen LogP contribution in [-0.2, 0) is 24.3 Å². The Morgan fingerprint density at radius 2 is 1.77 bits per heavy atom. The van der Waals surface area contributed by atoms with Crippen molar-refractivity contribution < 1.29 is 9.72 Å². The number of rotatable bonds is 13. The summed E-state index contributed by atoms with van der Waals surface area (Å²) in [6.45, 7) is 5.79. The standard InChI is InChI=1S/C36H37BrN6O3S/c1-3-25(2)34(40-35(44)19-32-20-38-24-42(32)21-26-11-17-31(18-12-26)43(45)46)23-41(36(47)39-30-15-13-29(37)14-16-30)22-28-9-6-8-27-7-4-5-10-33(27)28/h4-18,20,24-25,34H,3,19,21-23H2,1-2H3,(H,39,47)(H,40,44)/t25-,34+/m0/s1. The van der Waals surface area contributed by atoms with Crippen molar-refractivity contribution in [3.63, 3.8) is 0 Å². The molecular weight excluding hydrogens is 676 g/mol. The van der Waals surface area contributed by atoms with Crippen molar-refractivity contribution in [2.75, 3.05) is 11.9 Å². The van der Waals surface area contributed by atoms with E-state index in [1.165, 1.54) is 12.1 Å². The molecule has 0 spiro atoms. The third-order valence-corrected chi connectivity index (χ3v) is 9.25. The number of benzene rings is 4. The van der Waals surface area contributed by atoms with Crippen molar-refractivity contribution in [3.8, 4) is 0 Å². The summed E-state index contributed by atoms with van der Waals surface area (Å²) in [5, 5.41) is 20.6. The molecule has 1 amide bonds. The van der Waals surface area contributed by atoms with Crippen LogP contribution in [0, 0.1) is 16.0 Å². The van der Waals surface area contributed by atoms with Gasteiger partial charge in [0.1, 0.15) is 0 Å². The van der Waals surface area contributed by atoms with Crippen LogP contribution in [0.3, 0.4) is 0 Å². The Balaban J connectivity index is 1.34.